The maximum absolute atomic E-state index is 11.9. The zero-order valence-corrected chi connectivity index (χ0v) is 9.74. The molecule has 1 fully saturated rings. The number of amides is 1. The van der Waals surface area contributed by atoms with Gasteiger partial charge >= 0.3 is 0 Å². The SMILES string of the molecule is Cc1ccc(C(=O)Nc2nnnn2C2CC2)nn1. The third kappa shape index (κ3) is 2.04. The number of rotatable bonds is 3. The summed E-state index contributed by atoms with van der Waals surface area (Å²) in [7, 11) is 0. The molecule has 1 saturated carbocycles. The van der Waals surface area contributed by atoms with Gasteiger partial charge in [0.2, 0.25) is 5.95 Å². The van der Waals surface area contributed by atoms with Gasteiger partial charge < -0.3 is 0 Å². The number of nitrogens with zero attached hydrogens (tertiary/aromatic N) is 6. The van der Waals surface area contributed by atoms with E-state index in [2.05, 4.69) is 31.0 Å². The van der Waals surface area contributed by atoms with E-state index in [4.69, 9.17) is 0 Å². The smallest absolute Gasteiger partial charge is 0.278 e. The Kier molecular flexibility index (Phi) is 2.47. The van der Waals surface area contributed by atoms with Crippen molar-refractivity contribution in [2.45, 2.75) is 25.8 Å². The Balaban J connectivity index is 1.77. The highest BCUT2D eigenvalue weighted by atomic mass is 16.2. The van der Waals surface area contributed by atoms with E-state index >= 15 is 0 Å². The van der Waals surface area contributed by atoms with E-state index in [9.17, 15) is 4.79 Å². The first kappa shape index (κ1) is 10.8. The molecule has 1 aliphatic rings. The summed E-state index contributed by atoms with van der Waals surface area (Å²) in [6.45, 7) is 1.81. The Morgan fingerprint density at radius 2 is 2.17 bits per heavy atom. The Labute approximate surface area is 102 Å². The molecule has 0 radical (unpaired) electrons. The van der Waals surface area contributed by atoms with Crippen LogP contribution in [-0.4, -0.2) is 36.3 Å². The average molecular weight is 245 g/mol. The van der Waals surface area contributed by atoms with Crippen molar-refractivity contribution in [2.24, 2.45) is 0 Å². The van der Waals surface area contributed by atoms with Crippen molar-refractivity contribution < 1.29 is 4.79 Å². The van der Waals surface area contributed by atoms with Crippen molar-refractivity contribution in [1.82, 2.24) is 30.4 Å². The Morgan fingerprint density at radius 3 is 2.83 bits per heavy atom. The minimum atomic E-state index is -0.362. The zero-order valence-electron chi connectivity index (χ0n) is 9.74. The number of hydrogen-bond donors (Lipinski definition) is 1. The van der Waals surface area contributed by atoms with Crippen LogP contribution >= 0.6 is 0 Å². The number of carbonyl (C=O) groups is 1. The second kappa shape index (κ2) is 4.13. The molecule has 0 bridgehead atoms. The standard InChI is InChI=1S/C10H11N7O/c1-6-2-5-8(13-12-6)9(18)11-10-14-15-16-17(10)7-3-4-7/h2,5,7H,3-4H2,1H3,(H,11,14,16,18). The number of anilines is 1. The van der Waals surface area contributed by atoms with E-state index in [0.717, 1.165) is 18.5 Å². The number of aryl methyl sites for hydroxylation is 1. The van der Waals surface area contributed by atoms with Gasteiger partial charge in [0.1, 0.15) is 0 Å². The molecule has 92 valence electrons. The highest BCUT2D eigenvalue weighted by Crippen LogP contribution is 2.35. The van der Waals surface area contributed by atoms with Crippen molar-refractivity contribution in [1.29, 1.82) is 0 Å². The van der Waals surface area contributed by atoms with E-state index in [1.165, 1.54) is 0 Å². The molecular weight excluding hydrogens is 234 g/mol. The summed E-state index contributed by atoms with van der Waals surface area (Å²) in [6.07, 6.45) is 2.08. The number of hydrogen-bond acceptors (Lipinski definition) is 6. The van der Waals surface area contributed by atoms with Crippen LogP contribution in [0.15, 0.2) is 12.1 Å². The summed E-state index contributed by atoms with van der Waals surface area (Å²) >= 11 is 0. The number of tetrazole rings is 1. The normalized spacial score (nSPS) is 14.5. The second-order valence-corrected chi connectivity index (χ2v) is 4.19. The monoisotopic (exact) mass is 245 g/mol. The predicted molar refractivity (Wildman–Crippen MR) is 60.8 cm³/mol. The molecule has 8 heteroatoms. The molecule has 3 rings (SSSR count). The fourth-order valence-corrected chi connectivity index (χ4v) is 1.53. The van der Waals surface area contributed by atoms with Crippen LogP contribution in [0.2, 0.25) is 0 Å². The van der Waals surface area contributed by atoms with Gasteiger partial charge in [-0.25, -0.2) is 4.68 Å². The molecule has 2 heterocycles. The van der Waals surface area contributed by atoms with Crippen LogP contribution in [-0.2, 0) is 0 Å². The number of carbonyl (C=O) groups excluding carboxylic acids is 1. The molecule has 0 atom stereocenters. The van der Waals surface area contributed by atoms with Gasteiger partial charge in [0, 0.05) is 0 Å². The van der Waals surface area contributed by atoms with Crippen LogP contribution < -0.4 is 5.32 Å². The van der Waals surface area contributed by atoms with Crippen LogP contribution in [0.3, 0.4) is 0 Å². The Morgan fingerprint density at radius 1 is 1.33 bits per heavy atom. The molecule has 0 aromatic carbocycles. The summed E-state index contributed by atoms with van der Waals surface area (Å²) in [5, 5.41) is 21.5. The van der Waals surface area contributed by atoms with Crippen molar-refractivity contribution >= 4 is 11.9 Å². The second-order valence-electron chi connectivity index (χ2n) is 4.19. The first-order chi connectivity index (χ1) is 8.74. The summed E-state index contributed by atoms with van der Waals surface area (Å²) in [4.78, 5) is 11.9. The summed E-state index contributed by atoms with van der Waals surface area (Å²) in [6, 6.07) is 3.65. The van der Waals surface area contributed by atoms with Gasteiger partial charge in [-0.1, -0.05) is 5.10 Å². The summed E-state index contributed by atoms with van der Waals surface area (Å²) < 4.78 is 1.62. The Hall–Kier alpha value is -2.38. The minimum absolute atomic E-state index is 0.242. The summed E-state index contributed by atoms with van der Waals surface area (Å²) in [5.41, 5.74) is 1.00. The van der Waals surface area contributed by atoms with Gasteiger partial charge in [-0.15, -0.1) is 5.10 Å². The molecule has 18 heavy (non-hydrogen) atoms. The molecule has 2 aromatic heterocycles. The van der Waals surface area contributed by atoms with Crippen LogP contribution in [0, 0.1) is 6.92 Å². The maximum Gasteiger partial charge on any atom is 0.278 e. The van der Waals surface area contributed by atoms with Gasteiger partial charge in [-0.05, 0) is 42.3 Å². The maximum atomic E-state index is 11.9. The quantitative estimate of drug-likeness (QED) is 0.838. The molecule has 0 aliphatic heterocycles. The van der Waals surface area contributed by atoms with E-state index in [1.54, 1.807) is 16.8 Å². The topological polar surface area (TPSA) is 98.5 Å². The van der Waals surface area contributed by atoms with Gasteiger partial charge in [0.05, 0.1) is 11.7 Å². The molecule has 1 aliphatic carbocycles. The van der Waals surface area contributed by atoms with Crippen molar-refractivity contribution in [3.63, 3.8) is 0 Å². The highest BCUT2D eigenvalue weighted by molar-refractivity contribution is 6.01. The fourth-order valence-electron chi connectivity index (χ4n) is 1.53. The molecule has 1 amide bonds. The summed E-state index contributed by atoms with van der Waals surface area (Å²) in [5.74, 6) is -0.0101. The predicted octanol–water partition coefficient (Wildman–Crippen LogP) is 0.359. The fraction of sp³-hybridized carbons (Fsp3) is 0.400. The van der Waals surface area contributed by atoms with Gasteiger partial charge in [-0.2, -0.15) is 5.10 Å². The average Bonchev–Trinajstić information content (AvgIpc) is 3.11. The largest absolute Gasteiger partial charge is 0.288 e. The number of aromatic nitrogens is 6. The molecule has 8 nitrogen and oxygen atoms in total. The zero-order chi connectivity index (χ0) is 12.5. The van der Waals surface area contributed by atoms with Crippen LogP contribution in [0.1, 0.15) is 35.1 Å². The third-order valence-corrected chi connectivity index (χ3v) is 2.64. The number of nitrogens with one attached hydrogen (secondary N) is 1. The van der Waals surface area contributed by atoms with Crippen molar-refractivity contribution in [3.8, 4) is 0 Å². The van der Waals surface area contributed by atoms with E-state index in [0.29, 0.717) is 12.0 Å². The van der Waals surface area contributed by atoms with Crippen LogP contribution in [0.4, 0.5) is 5.95 Å². The molecule has 0 saturated heterocycles. The van der Waals surface area contributed by atoms with Crippen molar-refractivity contribution in [3.05, 3.63) is 23.5 Å². The first-order valence-corrected chi connectivity index (χ1v) is 5.63. The lowest BCUT2D eigenvalue weighted by molar-refractivity contribution is 0.102. The van der Waals surface area contributed by atoms with E-state index < -0.39 is 0 Å². The van der Waals surface area contributed by atoms with Gasteiger partial charge in [-0.3, -0.25) is 10.1 Å². The van der Waals surface area contributed by atoms with Gasteiger partial charge in [0.15, 0.2) is 5.69 Å². The molecular formula is C10H11N7O. The lowest BCUT2D eigenvalue weighted by Crippen LogP contribution is -2.18. The lowest BCUT2D eigenvalue weighted by Gasteiger charge is -2.03. The minimum Gasteiger partial charge on any atom is -0.288 e. The molecule has 0 spiro atoms. The molecule has 2 aromatic rings. The Bertz CT molecular complexity index is 572. The van der Waals surface area contributed by atoms with Crippen LogP contribution in [0.25, 0.3) is 0 Å². The van der Waals surface area contributed by atoms with E-state index in [1.807, 2.05) is 6.92 Å². The molecule has 0 unspecified atom stereocenters. The van der Waals surface area contributed by atoms with Gasteiger partial charge in [0.25, 0.3) is 5.91 Å². The molecule has 1 N–H and O–H groups in total. The van der Waals surface area contributed by atoms with Crippen molar-refractivity contribution in [2.75, 3.05) is 5.32 Å². The lowest BCUT2D eigenvalue weighted by atomic mass is 10.3. The first-order valence-electron chi connectivity index (χ1n) is 5.63. The third-order valence-electron chi connectivity index (χ3n) is 2.64. The highest BCUT2D eigenvalue weighted by Gasteiger charge is 2.28. The van der Waals surface area contributed by atoms with Crippen LogP contribution in [0.5, 0.6) is 0 Å². The van der Waals surface area contributed by atoms with E-state index in [-0.39, 0.29) is 11.6 Å².